The first-order chi connectivity index (χ1) is 13.5. The molecule has 0 saturated heterocycles. The van der Waals surface area contributed by atoms with E-state index in [0.29, 0.717) is 18.5 Å². The molecule has 0 atom stereocenters. The summed E-state index contributed by atoms with van der Waals surface area (Å²) in [6.45, 7) is 0.435. The first kappa shape index (κ1) is 20.1. The van der Waals surface area contributed by atoms with Crippen molar-refractivity contribution in [2.45, 2.75) is 31.6 Å². The zero-order valence-electron chi connectivity index (χ0n) is 15.9. The molecule has 28 heavy (non-hydrogen) atoms. The largest absolute Gasteiger partial charge is 0.361 e. The van der Waals surface area contributed by atoms with Crippen LogP contribution in [0.3, 0.4) is 0 Å². The Labute approximate surface area is 165 Å². The molecule has 1 aromatic heterocycles. The fraction of sp³-hybridized carbons (Fsp3) is 0.286. The van der Waals surface area contributed by atoms with Crippen LogP contribution in [0.2, 0.25) is 0 Å². The van der Waals surface area contributed by atoms with Gasteiger partial charge in [0.2, 0.25) is 15.9 Å². The number of benzene rings is 2. The molecule has 0 fully saturated rings. The number of hydrogen-bond donors (Lipinski definition) is 3. The van der Waals surface area contributed by atoms with Crippen molar-refractivity contribution in [2.75, 3.05) is 7.05 Å². The Morgan fingerprint density at radius 2 is 1.75 bits per heavy atom. The summed E-state index contributed by atoms with van der Waals surface area (Å²) in [7, 11) is -1.88. The zero-order valence-corrected chi connectivity index (χ0v) is 16.7. The van der Waals surface area contributed by atoms with E-state index in [1.165, 1.54) is 18.0 Å². The molecule has 3 rings (SSSR count). The van der Waals surface area contributed by atoms with E-state index in [-0.39, 0.29) is 11.7 Å². The van der Waals surface area contributed by atoms with Gasteiger partial charge in [0.1, 0.15) is 0 Å². The number of aromatic amines is 1. The van der Waals surface area contributed by atoms with Gasteiger partial charge < -0.3 is 10.3 Å². The van der Waals surface area contributed by atoms with E-state index in [4.69, 9.17) is 0 Å². The molecule has 7 heteroatoms. The molecular weight excluding hydrogens is 374 g/mol. The maximum Gasteiger partial charge on any atom is 0.220 e. The van der Waals surface area contributed by atoms with Gasteiger partial charge in [-0.05, 0) is 42.6 Å². The van der Waals surface area contributed by atoms with Gasteiger partial charge in [0.05, 0.1) is 5.75 Å². The molecule has 0 aliphatic carbocycles. The normalized spacial score (nSPS) is 11.6. The topological polar surface area (TPSA) is 91.1 Å². The van der Waals surface area contributed by atoms with Crippen molar-refractivity contribution >= 4 is 26.8 Å². The van der Waals surface area contributed by atoms with Crippen LogP contribution in [-0.2, 0) is 33.5 Å². The van der Waals surface area contributed by atoms with Crippen molar-refractivity contribution in [3.05, 3.63) is 71.4 Å². The molecular formula is C21H25N3O3S. The molecule has 0 aliphatic rings. The van der Waals surface area contributed by atoms with Gasteiger partial charge in [-0.2, -0.15) is 0 Å². The summed E-state index contributed by atoms with van der Waals surface area (Å²) in [6, 6.07) is 15.4. The van der Waals surface area contributed by atoms with Crippen molar-refractivity contribution in [2.24, 2.45) is 0 Å². The molecule has 0 aliphatic heterocycles. The van der Waals surface area contributed by atoms with E-state index in [0.717, 1.165) is 23.9 Å². The summed E-state index contributed by atoms with van der Waals surface area (Å²) in [5, 5.41) is 4.13. The molecule has 0 unspecified atom stereocenters. The van der Waals surface area contributed by atoms with Crippen molar-refractivity contribution < 1.29 is 13.2 Å². The molecule has 0 saturated carbocycles. The van der Waals surface area contributed by atoms with Crippen molar-refractivity contribution in [1.82, 2.24) is 15.0 Å². The van der Waals surface area contributed by atoms with Gasteiger partial charge in [0.15, 0.2) is 0 Å². The second-order valence-electron chi connectivity index (χ2n) is 6.77. The molecule has 3 N–H and O–H groups in total. The lowest BCUT2D eigenvalue weighted by Gasteiger charge is -2.07. The third-order valence-electron chi connectivity index (χ3n) is 4.71. The van der Waals surface area contributed by atoms with Crippen LogP contribution >= 0.6 is 0 Å². The Hall–Kier alpha value is -2.64. The SMILES string of the molecule is CNS(=O)(=O)Cc1ccc(CNC(=O)CCCc2c[nH]c3ccccc23)cc1. The van der Waals surface area contributed by atoms with Crippen molar-refractivity contribution in [3.63, 3.8) is 0 Å². The highest BCUT2D eigenvalue weighted by molar-refractivity contribution is 7.88. The average molecular weight is 400 g/mol. The molecule has 0 bridgehead atoms. The van der Waals surface area contributed by atoms with Crippen LogP contribution in [0, 0.1) is 0 Å². The van der Waals surface area contributed by atoms with Crippen molar-refractivity contribution in [1.29, 1.82) is 0 Å². The van der Waals surface area contributed by atoms with Crippen LogP contribution in [0.4, 0.5) is 0 Å². The van der Waals surface area contributed by atoms with Crippen LogP contribution in [0.15, 0.2) is 54.7 Å². The summed E-state index contributed by atoms with van der Waals surface area (Å²) < 4.78 is 25.4. The second kappa shape index (κ2) is 9.03. The number of carbonyl (C=O) groups is 1. The van der Waals surface area contributed by atoms with Gasteiger partial charge in [0, 0.05) is 30.1 Å². The van der Waals surface area contributed by atoms with Crippen LogP contribution in [0.1, 0.15) is 29.5 Å². The fourth-order valence-electron chi connectivity index (χ4n) is 3.11. The summed E-state index contributed by atoms with van der Waals surface area (Å²) in [5.41, 5.74) is 4.00. The third-order valence-corrected chi connectivity index (χ3v) is 6.04. The number of nitrogens with one attached hydrogen (secondary N) is 3. The van der Waals surface area contributed by atoms with Crippen LogP contribution in [-0.4, -0.2) is 26.4 Å². The van der Waals surface area contributed by atoms with Gasteiger partial charge in [-0.3, -0.25) is 4.79 Å². The molecule has 0 radical (unpaired) electrons. The number of hydrogen-bond acceptors (Lipinski definition) is 3. The van der Waals surface area contributed by atoms with E-state index < -0.39 is 10.0 Å². The minimum atomic E-state index is -3.28. The van der Waals surface area contributed by atoms with Crippen LogP contribution in [0.5, 0.6) is 0 Å². The first-order valence-corrected chi connectivity index (χ1v) is 10.9. The Morgan fingerprint density at radius 1 is 1.04 bits per heavy atom. The van der Waals surface area contributed by atoms with E-state index >= 15 is 0 Å². The average Bonchev–Trinajstić information content (AvgIpc) is 3.10. The minimum Gasteiger partial charge on any atom is -0.361 e. The summed E-state index contributed by atoms with van der Waals surface area (Å²) in [5.74, 6) is -0.0362. The molecule has 1 heterocycles. The van der Waals surface area contributed by atoms with E-state index in [1.54, 1.807) is 12.1 Å². The number of para-hydroxylation sites is 1. The molecule has 148 valence electrons. The number of carbonyl (C=O) groups excluding carboxylic acids is 1. The van der Waals surface area contributed by atoms with Gasteiger partial charge >= 0.3 is 0 Å². The zero-order chi connectivity index (χ0) is 20.0. The summed E-state index contributed by atoms with van der Waals surface area (Å²) in [6.07, 6.45) is 4.12. The number of aryl methyl sites for hydroxylation is 1. The van der Waals surface area contributed by atoms with Crippen LogP contribution in [0.25, 0.3) is 10.9 Å². The minimum absolute atomic E-state index is 0.0154. The molecule has 2 aromatic carbocycles. The Balaban J connectivity index is 1.43. The van der Waals surface area contributed by atoms with Gasteiger partial charge in [-0.1, -0.05) is 42.5 Å². The molecule has 3 aromatic rings. The summed E-state index contributed by atoms with van der Waals surface area (Å²) in [4.78, 5) is 15.3. The third kappa shape index (κ3) is 5.43. The maximum atomic E-state index is 12.1. The predicted octanol–water partition coefficient (Wildman–Crippen LogP) is 2.86. The monoisotopic (exact) mass is 399 g/mol. The lowest BCUT2D eigenvalue weighted by atomic mass is 10.1. The quantitative estimate of drug-likeness (QED) is 0.517. The smallest absolute Gasteiger partial charge is 0.220 e. The number of amides is 1. The maximum absolute atomic E-state index is 12.1. The van der Waals surface area contributed by atoms with Crippen LogP contribution < -0.4 is 10.0 Å². The number of sulfonamides is 1. The van der Waals surface area contributed by atoms with E-state index in [1.807, 2.05) is 36.5 Å². The fourth-order valence-corrected chi connectivity index (χ4v) is 3.89. The molecule has 6 nitrogen and oxygen atoms in total. The highest BCUT2D eigenvalue weighted by atomic mass is 32.2. The molecule has 1 amide bonds. The first-order valence-electron chi connectivity index (χ1n) is 9.27. The Morgan fingerprint density at radius 3 is 2.50 bits per heavy atom. The van der Waals surface area contributed by atoms with Gasteiger partial charge in [-0.15, -0.1) is 0 Å². The summed E-state index contributed by atoms with van der Waals surface area (Å²) >= 11 is 0. The van der Waals surface area contributed by atoms with Gasteiger partial charge in [-0.25, -0.2) is 13.1 Å². The van der Waals surface area contributed by atoms with Crippen molar-refractivity contribution in [3.8, 4) is 0 Å². The molecule has 0 spiro atoms. The second-order valence-corrected chi connectivity index (χ2v) is 8.70. The number of fused-ring (bicyclic) bond motifs is 1. The Bertz CT molecular complexity index is 1040. The van der Waals surface area contributed by atoms with Gasteiger partial charge in [0.25, 0.3) is 0 Å². The standard InChI is InChI=1S/C21H25N3O3S/c1-22-28(26,27)15-17-11-9-16(10-12-17)13-24-21(25)8-4-5-18-14-23-20-7-3-2-6-19(18)20/h2-3,6-7,9-12,14,22-23H,4-5,8,13,15H2,1H3,(H,24,25). The Kier molecular flexibility index (Phi) is 6.49. The highest BCUT2D eigenvalue weighted by Gasteiger charge is 2.09. The van der Waals surface area contributed by atoms with E-state index in [9.17, 15) is 13.2 Å². The number of rotatable bonds is 9. The lowest BCUT2D eigenvalue weighted by Crippen LogP contribution is -2.22. The highest BCUT2D eigenvalue weighted by Crippen LogP contribution is 2.19. The number of H-pyrrole nitrogens is 1. The van der Waals surface area contributed by atoms with E-state index in [2.05, 4.69) is 21.1 Å². The predicted molar refractivity (Wildman–Crippen MR) is 111 cm³/mol. The number of aromatic nitrogens is 1. The lowest BCUT2D eigenvalue weighted by molar-refractivity contribution is -0.121.